The summed E-state index contributed by atoms with van der Waals surface area (Å²) in [5, 5.41) is 3.46. The van der Waals surface area contributed by atoms with E-state index in [0.29, 0.717) is 19.6 Å². The van der Waals surface area contributed by atoms with Crippen molar-refractivity contribution in [1.29, 1.82) is 0 Å². The minimum Gasteiger partial charge on any atom is -0.496 e. The van der Waals surface area contributed by atoms with E-state index in [0.717, 1.165) is 17.4 Å². The minimum absolute atomic E-state index is 0.135. The van der Waals surface area contributed by atoms with Gasteiger partial charge in [-0.15, -0.1) is 0 Å². The predicted molar refractivity (Wildman–Crippen MR) is 102 cm³/mol. The standard InChI is InChI=1S/C20H22ClFN2O3/c1-13(27-19-8-7-14(22)11-16(19)21)20(25)24-10-9-23-12-17(24)15-5-3-4-6-18(15)26-2/h3-8,11,13,17,23H,9-10,12H2,1-2H3. The van der Waals surface area contributed by atoms with Crippen molar-refractivity contribution in [3.63, 3.8) is 0 Å². The number of para-hydroxylation sites is 1. The van der Waals surface area contributed by atoms with Crippen LogP contribution in [0.15, 0.2) is 42.5 Å². The molecular formula is C20H22ClFN2O3. The zero-order valence-electron chi connectivity index (χ0n) is 15.2. The van der Waals surface area contributed by atoms with Crippen LogP contribution in [0.3, 0.4) is 0 Å². The average molecular weight is 393 g/mol. The number of hydrogen-bond donors (Lipinski definition) is 1. The first kappa shape index (κ1) is 19.5. The highest BCUT2D eigenvalue weighted by atomic mass is 35.5. The quantitative estimate of drug-likeness (QED) is 0.847. The number of ether oxygens (including phenoxy) is 2. The van der Waals surface area contributed by atoms with Crippen LogP contribution in [0.5, 0.6) is 11.5 Å². The molecule has 1 aliphatic heterocycles. The van der Waals surface area contributed by atoms with Gasteiger partial charge >= 0.3 is 0 Å². The van der Waals surface area contributed by atoms with E-state index in [1.54, 1.807) is 18.9 Å². The van der Waals surface area contributed by atoms with Gasteiger partial charge < -0.3 is 19.7 Å². The molecule has 3 rings (SSSR count). The fourth-order valence-corrected chi connectivity index (χ4v) is 3.44. The molecule has 1 aliphatic rings. The molecule has 7 heteroatoms. The number of carbonyl (C=O) groups excluding carboxylic acids is 1. The summed E-state index contributed by atoms with van der Waals surface area (Å²) in [5.74, 6) is 0.402. The highest BCUT2D eigenvalue weighted by Gasteiger charge is 2.33. The average Bonchev–Trinajstić information content (AvgIpc) is 2.69. The van der Waals surface area contributed by atoms with E-state index >= 15 is 0 Å². The molecule has 1 N–H and O–H groups in total. The van der Waals surface area contributed by atoms with E-state index in [2.05, 4.69) is 5.32 Å². The number of benzene rings is 2. The second-order valence-corrected chi connectivity index (χ2v) is 6.74. The smallest absolute Gasteiger partial charge is 0.263 e. The van der Waals surface area contributed by atoms with Crippen molar-refractivity contribution < 1.29 is 18.7 Å². The molecule has 1 saturated heterocycles. The van der Waals surface area contributed by atoms with Crippen LogP contribution in [0, 0.1) is 5.82 Å². The molecule has 0 spiro atoms. The minimum atomic E-state index is -0.761. The third kappa shape index (κ3) is 4.34. The maximum atomic E-state index is 13.2. The normalized spacial score (nSPS) is 18.1. The van der Waals surface area contributed by atoms with Gasteiger partial charge in [0.05, 0.1) is 18.2 Å². The van der Waals surface area contributed by atoms with Crippen molar-refractivity contribution >= 4 is 17.5 Å². The van der Waals surface area contributed by atoms with Crippen molar-refractivity contribution in [3.05, 3.63) is 58.9 Å². The SMILES string of the molecule is COc1ccccc1C1CNCCN1C(=O)C(C)Oc1ccc(F)cc1Cl. The van der Waals surface area contributed by atoms with Gasteiger partial charge in [-0.2, -0.15) is 0 Å². The molecule has 0 aromatic heterocycles. The summed E-state index contributed by atoms with van der Waals surface area (Å²) < 4.78 is 24.4. The summed E-state index contributed by atoms with van der Waals surface area (Å²) >= 11 is 6.01. The van der Waals surface area contributed by atoms with Gasteiger partial charge in [0.15, 0.2) is 6.10 Å². The molecule has 2 aromatic rings. The van der Waals surface area contributed by atoms with Crippen molar-refractivity contribution in [2.45, 2.75) is 19.1 Å². The summed E-state index contributed by atoms with van der Waals surface area (Å²) in [6.45, 7) is 3.54. The molecule has 2 unspecified atom stereocenters. The lowest BCUT2D eigenvalue weighted by Gasteiger charge is -2.38. The maximum absolute atomic E-state index is 13.2. The van der Waals surface area contributed by atoms with E-state index < -0.39 is 11.9 Å². The molecular weight excluding hydrogens is 371 g/mol. The Morgan fingerprint density at radius 1 is 1.30 bits per heavy atom. The third-order valence-corrected chi connectivity index (χ3v) is 4.87. The number of methoxy groups -OCH3 is 1. The maximum Gasteiger partial charge on any atom is 0.263 e. The Kier molecular flexibility index (Phi) is 6.19. The molecule has 1 fully saturated rings. The van der Waals surface area contributed by atoms with Crippen molar-refractivity contribution in [3.8, 4) is 11.5 Å². The lowest BCUT2D eigenvalue weighted by molar-refractivity contribution is -0.141. The Hall–Kier alpha value is -2.31. The van der Waals surface area contributed by atoms with Crippen LogP contribution in [0.25, 0.3) is 0 Å². The van der Waals surface area contributed by atoms with Crippen LogP contribution in [0.1, 0.15) is 18.5 Å². The van der Waals surface area contributed by atoms with Crippen LogP contribution in [-0.2, 0) is 4.79 Å². The fourth-order valence-electron chi connectivity index (χ4n) is 3.23. The van der Waals surface area contributed by atoms with E-state index in [1.807, 2.05) is 24.3 Å². The molecule has 5 nitrogen and oxygen atoms in total. The number of nitrogens with zero attached hydrogens (tertiary/aromatic N) is 1. The molecule has 0 aliphatic carbocycles. The molecule has 1 heterocycles. The van der Waals surface area contributed by atoms with Crippen LogP contribution in [0.2, 0.25) is 5.02 Å². The fraction of sp³-hybridized carbons (Fsp3) is 0.350. The summed E-state index contributed by atoms with van der Waals surface area (Å²) in [6.07, 6.45) is -0.761. The number of amides is 1. The highest BCUT2D eigenvalue weighted by molar-refractivity contribution is 6.32. The predicted octanol–water partition coefficient (Wildman–Crippen LogP) is 3.43. The molecule has 1 amide bonds. The van der Waals surface area contributed by atoms with E-state index in [-0.39, 0.29) is 22.7 Å². The van der Waals surface area contributed by atoms with E-state index in [9.17, 15) is 9.18 Å². The monoisotopic (exact) mass is 392 g/mol. The highest BCUT2D eigenvalue weighted by Crippen LogP contribution is 2.31. The van der Waals surface area contributed by atoms with E-state index in [1.165, 1.54) is 12.1 Å². The summed E-state index contributed by atoms with van der Waals surface area (Å²) in [7, 11) is 1.61. The Balaban J connectivity index is 1.80. The second-order valence-electron chi connectivity index (χ2n) is 6.33. The van der Waals surface area contributed by atoms with E-state index in [4.69, 9.17) is 21.1 Å². The molecule has 27 heavy (non-hydrogen) atoms. The van der Waals surface area contributed by atoms with Crippen molar-refractivity contribution in [1.82, 2.24) is 10.2 Å². The van der Waals surface area contributed by atoms with Crippen molar-refractivity contribution in [2.75, 3.05) is 26.7 Å². The number of hydrogen-bond acceptors (Lipinski definition) is 4. The molecule has 2 atom stereocenters. The molecule has 0 bridgehead atoms. The Labute approximate surface area is 163 Å². The number of nitrogens with one attached hydrogen (secondary N) is 1. The Bertz CT molecular complexity index is 818. The number of rotatable bonds is 5. The number of carbonyl (C=O) groups is 1. The molecule has 0 radical (unpaired) electrons. The van der Waals surface area contributed by atoms with Gasteiger partial charge in [0, 0.05) is 25.2 Å². The van der Waals surface area contributed by atoms with Crippen LogP contribution < -0.4 is 14.8 Å². The first-order valence-corrected chi connectivity index (χ1v) is 9.15. The zero-order valence-corrected chi connectivity index (χ0v) is 16.0. The van der Waals surface area contributed by atoms with Gasteiger partial charge in [0.2, 0.25) is 0 Å². The summed E-state index contributed by atoms with van der Waals surface area (Å²) in [5.41, 5.74) is 0.938. The van der Waals surface area contributed by atoms with Gasteiger partial charge in [0.25, 0.3) is 5.91 Å². The molecule has 0 saturated carbocycles. The number of piperazine rings is 1. The summed E-state index contributed by atoms with van der Waals surface area (Å²) in [4.78, 5) is 14.9. The number of halogens is 2. The largest absolute Gasteiger partial charge is 0.496 e. The topological polar surface area (TPSA) is 50.8 Å². The van der Waals surface area contributed by atoms with Gasteiger partial charge in [-0.25, -0.2) is 4.39 Å². The summed E-state index contributed by atoms with van der Waals surface area (Å²) in [6, 6.07) is 11.3. The first-order valence-electron chi connectivity index (χ1n) is 8.77. The van der Waals surface area contributed by atoms with Crippen molar-refractivity contribution in [2.24, 2.45) is 0 Å². The molecule has 2 aromatic carbocycles. The Morgan fingerprint density at radius 2 is 2.07 bits per heavy atom. The van der Waals surface area contributed by atoms with Gasteiger partial charge in [-0.3, -0.25) is 4.79 Å². The third-order valence-electron chi connectivity index (χ3n) is 4.57. The van der Waals surface area contributed by atoms with Crippen LogP contribution >= 0.6 is 11.6 Å². The zero-order chi connectivity index (χ0) is 19.4. The lowest BCUT2D eigenvalue weighted by atomic mass is 10.0. The first-order chi connectivity index (χ1) is 13.0. The van der Waals surface area contributed by atoms with Gasteiger partial charge in [-0.1, -0.05) is 29.8 Å². The van der Waals surface area contributed by atoms with Crippen LogP contribution in [-0.4, -0.2) is 43.7 Å². The van der Waals surface area contributed by atoms with Gasteiger partial charge in [-0.05, 0) is 31.2 Å². The van der Waals surface area contributed by atoms with Gasteiger partial charge in [0.1, 0.15) is 17.3 Å². The second kappa shape index (κ2) is 8.59. The lowest BCUT2D eigenvalue weighted by Crippen LogP contribution is -2.52. The van der Waals surface area contributed by atoms with Crippen LogP contribution in [0.4, 0.5) is 4.39 Å². The molecule has 144 valence electrons. The Morgan fingerprint density at radius 3 is 2.81 bits per heavy atom.